The van der Waals surface area contributed by atoms with Gasteiger partial charge in [-0.2, -0.15) is 0 Å². The van der Waals surface area contributed by atoms with Crippen molar-refractivity contribution in [3.05, 3.63) is 54.6 Å². The lowest BCUT2D eigenvalue weighted by Gasteiger charge is -1.78. The normalized spacial score (nSPS) is 8.69. The molecule has 0 saturated heterocycles. The lowest BCUT2D eigenvalue weighted by molar-refractivity contribution is 1.14. The Kier molecular flexibility index (Phi) is 4.39. The number of pyridine rings is 1. The van der Waals surface area contributed by atoms with E-state index in [9.17, 15) is 0 Å². The highest BCUT2D eigenvalue weighted by Crippen LogP contribution is 1.94. The summed E-state index contributed by atoms with van der Waals surface area (Å²) in [7, 11) is 0. The molecule has 2 aromatic rings. The molecule has 0 aliphatic heterocycles. The number of nitrogens with zero attached hydrogens (tertiary/aromatic N) is 1. The van der Waals surface area contributed by atoms with Gasteiger partial charge in [0.2, 0.25) is 0 Å². The van der Waals surface area contributed by atoms with Gasteiger partial charge in [0.25, 0.3) is 0 Å². The molecule has 2 heterocycles. The van der Waals surface area contributed by atoms with Crippen molar-refractivity contribution in [1.29, 1.82) is 0 Å². The van der Waals surface area contributed by atoms with Crippen molar-refractivity contribution in [3.8, 4) is 0 Å². The second-order valence-electron chi connectivity index (χ2n) is 2.60. The SMILES string of the molecule is CCc1cc[nH]c1.c1ccncc1. The standard InChI is InChI=1S/C6H9N.C5H5N/c1-2-6-3-4-7-5-6;1-2-4-6-5-3-1/h3-5,7H,2H2,1H3;1-5H. The second kappa shape index (κ2) is 6.00. The van der Waals surface area contributed by atoms with E-state index >= 15 is 0 Å². The van der Waals surface area contributed by atoms with Gasteiger partial charge in [-0.15, -0.1) is 0 Å². The van der Waals surface area contributed by atoms with Crippen molar-refractivity contribution in [2.45, 2.75) is 13.3 Å². The zero-order chi connectivity index (χ0) is 9.36. The molecule has 0 saturated carbocycles. The van der Waals surface area contributed by atoms with Gasteiger partial charge in [0.1, 0.15) is 0 Å². The third-order valence-corrected chi connectivity index (χ3v) is 1.64. The first-order valence-corrected chi connectivity index (χ1v) is 4.40. The van der Waals surface area contributed by atoms with Crippen LogP contribution >= 0.6 is 0 Å². The van der Waals surface area contributed by atoms with Crippen molar-refractivity contribution in [3.63, 3.8) is 0 Å². The van der Waals surface area contributed by atoms with Gasteiger partial charge >= 0.3 is 0 Å². The smallest absolute Gasteiger partial charge is 0.0267 e. The molecule has 2 aromatic heterocycles. The molecule has 0 atom stereocenters. The lowest BCUT2D eigenvalue weighted by atomic mass is 10.3. The van der Waals surface area contributed by atoms with Gasteiger partial charge in [-0.25, -0.2) is 0 Å². The maximum absolute atomic E-state index is 3.78. The minimum absolute atomic E-state index is 1.13. The molecule has 0 spiro atoms. The summed E-state index contributed by atoms with van der Waals surface area (Å²) < 4.78 is 0. The molecule has 0 fully saturated rings. The van der Waals surface area contributed by atoms with Gasteiger partial charge in [0.05, 0.1) is 0 Å². The number of hydrogen-bond acceptors (Lipinski definition) is 1. The van der Waals surface area contributed by atoms with E-state index in [2.05, 4.69) is 23.0 Å². The monoisotopic (exact) mass is 174 g/mol. The largest absolute Gasteiger partial charge is 0.367 e. The third-order valence-electron chi connectivity index (χ3n) is 1.64. The first-order valence-electron chi connectivity index (χ1n) is 4.40. The van der Waals surface area contributed by atoms with Crippen LogP contribution in [-0.4, -0.2) is 9.97 Å². The van der Waals surface area contributed by atoms with Gasteiger partial charge in [-0.05, 0) is 30.2 Å². The molecule has 0 radical (unpaired) electrons. The van der Waals surface area contributed by atoms with Gasteiger partial charge in [-0.3, -0.25) is 4.98 Å². The summed E-state index contributed by atoms with van der Waals surface area (Å²) in [5.41, 5.74) is 1.38. The number of H-pyrrole nitrogens is 1. The molecular weight excluding hydrogens is 160 g/mol. The highest BCUT2D eigenvalue weighted by molar-refractivity contribution is 5.06. The van der Waals surface area contributed by atoms with Gasteiger partial charge in [0, 0.05) is 24.8 Å². The third kappa shape index (κ3) is 4.11. The first-order chi connectivity index (χ1) is 6.43. The van der Waals surface area contributed by atoms with Gasteiger partial charge < -0.3 is 4.98 Å². The van der Waals surface area contributed by atoms with Crippen molar-refractivity contribution in [2.24, 2.45) is 0 Å². The molecule has 2 nitrogen and oxygen atoms in total. The Labute approximate surface area is 78.7 Å². The van der Waals surface area contributed by atoms with Gasteiger partial charge in [-0.1, -0.05) is 13.0 Å². The Bertz CT molecular complexity index is 260. The summed E-state index contributed by atoms with van der Waals surface area (Å²) in [5.74, 6) is 0. The Hall–Kier alpha value is -1.57. The van der Waals surface area contributed by atoms with Crippen molar-refractivity contribution in [1.82, 2.24) is 9.97 Å². The molecule has 0 amide bonds. The van der Waals surface area contributed by atoms with E-state index < -0.39 is 0 Å². The molecule has 0 aliphatic rings. The highest BCUT2D eigenvalue weighted by atomic mass is 14.6. The van der Waals surface area contributed by atoms with Crippen molar-refractivity contribution >= 4 is 0 Å². The molecular formula is C11H14N2. The highest BCUT2D eigenvalue weighted by Gasteiger charge is 1.81. The Morgan fingerprint density at radius 2 is 2.00 bits per heavy atom. The molecule has 0 aliphatic carbocycles. The topological polar surface area (TPSA) is 28.7 Å². The van der Waals surface area contributed by atoms with Crippen molar-refractivity contribution in [2.75, 3.05) is 0 Å². The van der Waals surface area contributed by atoms with Gasteiger partial charge in [0.15, 0.2) is 0 Å². The lowest BCUT2D eigenvalue weighted by Crippen LogP contribution is -1.67. The Balaban J connectivity index is 0.000000132. The Morgan fingerprint density at radius 3 is 2.23 bits per heavy atom. The molecule has 2 rings (SSSR count). The number of rotatable bonds is 1. The quantitative estimate of drug-likeness (QED) is 0.707. The summed E-state index contributed by atoms with van der Waals surface area (Å²) in [4.78, 5) is 6.77. The second-order valence-corrected chi connectivity index (χ2v) is 2.60. The minimum atomic E-state index is 1.13. The zero-order valence-electron chi connectivity index (χ0n) is 7.77. The number of aryl methyl sites for hydroxylation is 1. The molecule has 1 N–H and O–H groups in total. The predicted molar refractivity (Wildman–Crippen MR) is 54.4 cm³/mol. The first kappa shape index (κ1) is 9.52. The van der Waals surface area contributed by atoms with E-state index in [1.807, 2.05) is 30.6 Å². The van der Waals surface area contributed by atoms with Crippen LogP contribution in [0.3, 0.4) is 0 Å². The summed E-state index contributed by atoms with van der Waals surface area (Å²) in [6.45, 7) is 2.14. The molecule has 0 aromatic carbocycles. The van der Waals surface area contributed by atoms with Crippen LogP contribution in [0.15, 0.2) is 49.1 Å². The van der Waals surface area contributed by atoms with Crippen LogP contribution in [0, 0.1) is 0 Å². The van der Waals surface area contributed by atoms with E-state index in [1.54, 1.807) is 12.4 Å². The minimum Gasteiger partial charge on any atom is -0.367 e. The maximum atomic E-state index is 3.78. The number of hydrogen-bond donors (Lipinski definition) is 1. The molecule has 13 heavy (non-hydrogen) atoms. The predicted octanol–water partition coefficient (Wildman–Crippen LogP) is 2.66. The fourth-order valence-electron chi connectivity index (χ4n) is 0.891. The van der Waals surface area contributed by atoms with Crippen LogP contribution < -0.4 is 0 Å². The van der Waals surface area contributed by atoms with Crippen LogP contribution in [0.2, 0.25) is 0 Å². The average Bonchev–Trinajstić information content (AvgIpc) is 2.74. The van der Waals surface area contributed by atoms with Crippen LogP contribution in [0.5, 0.6) is 0 Å². The maximum Gasteiger partial charge on any atom is 0.0267 e. The van der Waals surface area contributed by atoms with E-state index in [4.69, 9.17) is 0 Å². The molecule has 0 unspecified atom stereocenters. The fraction of sp³-hybridized carbons (Fsp3) is 0.182. The fourth-order valence-corrected chi connectivity index (χ4v) is 0.891. The molecule has 68 valence electrons. The number of aromatic amines is 1. The summed E-state index contributed by atoms with van der Waals surface area (Å²) in [6, 6.07) is 7.80. The zero-order valence-corrected chi connectivity index (χ0v) is 7.77. The number of nitrogens with one attached hydrogen (secondary N) is 1. The molecule has 2 heteroatoms. The van der Waals surface area contributed by atoms with Crippen molar-refractivity contribution < 1.29 is 0 Å². The molecule has 0 bridgehead atoms. The van der Waals surface area contributed by atoms with Crippen LogP contribution in [0.4, 0.5) is 0 Å². The van der Waals surface area contributed by atoms with Crippen LogP contribution in [-0.2, 0) is 6.42 Å². The van der Waals surface area contributed by atoms with Crippen LogP contribution in [0.1, 0.15) is 12.5 Å². The average molecular weight is 174 g/mol. The van der Waals surface area contributed by atoms with E-state index in [0.29, 0.717) is 0 Å². The van der Waals surface area contributed by atoms with Crippen LogP contribution in [0.25, 0.3) is 0 Å². The summed E-state index contributed by atoms with van der Waals surface area (Å²) >= 11 is 0. The van der Waals surface area contributed by atoms with E-state index in [0.717, 1.165) is 6.42 Å². The Morgan fingerprint density at radius 1 is 1.23 bits per heavy atom. The number of aromatic nitrogens is 2. The summed E-state index contributed by atoms with van der Waals surface area (Å²) in [6.07, 6.45) is 8.59. The van der Waals surface area contributed by atoms with E-state index in [-0.39, 0.29) is 0 Å². The van der Waals surface area contributed by atoms with E-state index in [1.165, 1.54) is 5.56 Å². The summed E-state index contributed by atoms with van der Waals surface area (Å²) in [5, 5.41) is 0.